The summed E-state index contributed by atoms with van der Waals surface area (Å²) in [5.41, 5.74) is 3.20. The molecule has 1 heterocycles. The second-order valence-corrected chi connectivity index (χ2v) is 6.98. The quantitative estimate of drug-likeness (QED) is 0.400. The van der Waals surface area contributed by atoms with Crippen LogP contribution in [0.15, 0.2) is 48.7 Å². The van der Waals surface area contributed by atoms with Gasteiger partial charge in [0.15, 0.2) is 0 Å². The van der Waals surface area contributed by atoms with Gasteiger partial charge in [-0.15, -0.1) is 0 Å². The fraction of sp³-hybridized carbons (Fsp3) is 0. The lowest BCUT2D eigenvalue weighted by atomic mass is 10.0. The van der Waals surface area contributed by atoms with E-state index in [9.17, 15) is 0 Å². The second kappa shape index (κ2) is 6.88. The van der Waals surface area contributed by atoms with Gasteiger partial charge in [0.25, 0.3) is 0 Å². The third-order valence-corrected chi connectivity index (χ3v) is 4.38. The summed E-state index contributed by atoms with van der Waals surface area (Å²) in [7, 11) is 0. The molecule has 0 radical (unpaired) electrons. The monoisotopic (exact) mass is 401 g/mol. The highest BCUT2D eigenvalue weighted by Crippen LogP contribution is 2.35. The number of pyridine rings is 1. The molecule has 0 saturated heterocycles. The molecule has 6 heteroatoms. The molecule has 3 rings (SSSR count). The van der Waals surface area contributed by atoms with Crippen LogP contribution in [0.3, 0.4) is 0 Å². The number of nitrogens with zero attached hydrogens (tertiary/aromatic N) is 1. The lowest BCUT2D eigenvalue weighted by Crippen LogP contribution is -1.87. The standard InChI is InChI=1S/C17H8Cl5N/c18-12-1-9(2-13(19)6-12)11-5-16(17(22)23-8-11)10-3-14(20)7-15(21)4-10/h1-8H. The first kappa shape index (κ1) is 16.9. The van der Waals surface area contributed by atoms with E-state index in [1.165, 1.54) is 0 Å². The van der Waals surface area contributed by atoms with Crippen LogP contribution in [0, 0.1) is 0 Å². The Bertz CT molecular complexity index is 852. The molecular weight excluding hydrogens is 395 g/mol. The number of benzene rings is 2. The van der Waals surface area contributed by atoms with E-state index in [1.54, 1.807) is 30.5 Å². The molecule has 0 aliphatic carbocycles. The average Bonchev–Trinajstić information content (AvgIpc) is 2.45. The van der Waals surface area contributed by atoms with E-state index in [0.29, 0.717) is 25.2 Å². The third kappa shape index (κ3) is 3.93. The molecule has 2 aromatic carbocycles. The van der Waals surface area contributed by atoms with Gasteiger partial charge < -0.3 is 0 Å². The molecule has 0 unspecified atom stereocenters. The van der Waals surface area contributed by atoms with E-state index in [1.807, 2.05) is 18.2 Å². The van der Waals surface area contributed by atoms with Crippen LogP contribution in [0.1, 0.15) is 0 Å². The van der Waals surface area contributed by atoms with Crippen molar-refractivity contribution in [1.82, 2.24) is 4.98 Å². The maximum atomic E-state index is 6.24. The van der Waals surface area contributed by atoms with Gasteiger partial charge in [0.1, 0.15) is 5.15 Å². The topological polar surface area (TPSA) is 12.9 Å². The fourth-order valence-electron chi connectivity index (χ4n) is 2.24. The maximum Gasteiger partial charge on any atom is 0.136 e. The van der Waals surface area contributed by atoms with Crippen molar-refractivity contribution in [2.75, 3.05) is 0 Å². The summed E-state index contributed by atoms with van der Waals surface area (Å²) in [5, 5.41) is 2.52. The van der Waals surface area contributed by atoms with Gasteiger partial charge in [0, 0.05) is 37.4 Å². The summed E-state index contributed by atoms with van der Waals surface area (Å²) in [6.07, 6.45) is 1.67. The van der Waals surface area contributed by atoms with Crippen molar-refractivity contribution >= 4 is 58.0 Å². The molecule has 0 saturated carbocycles. The van der Waals surface area contributed by atoms with Crippen molar-refractivity contribution in [3.05, 3.63) is 73.9 Å². The van der Waals surface area contributed by atoms with Crippen LogP contribution in [0.4, 0.5) is 0 Å². The number of rotatable bonds is 2. The van der Waals surface area contributed by atoms with E-state index in [2.05, 4.69) is 4.98 Å². The SMILES string of the molecule is Clc1cc(Cl)cc(-c2cnc(Cl)c(-c3cc(Cl)cc(Cl)c3)c2)c1. The van der Waals surface area contributed by atoms with Gasteiger partial charge >= 0.3 is 0 Å². The predicted octanol–water partition coefficient (Wildman–Crippen LogP) is 7.68. The number of hydrogen-bond acceptors (Lipinski definition) is 1. The lowest BCUT2D eigenvalue weighted by Gasteiger charge is -2.09. The third-order valence-electron chi connectivity index (χ3n) is 3.21. The predicted molar refractivity (Wildman–Crippen MR) is 100 cm³/mol. The van der Waals surface area contributed by atoms with E-state index < -0.39 is 0 Å². The molecule has 0 fully saturated rings. The average molecular weight is 404 g/mol. The fourth-order valence-corrected chi connectivity index (χ4v) is 3.50. The van der Waals surface area contributed by atoms with Crippen LogP contribution < -0.4 is 0 Å². The molecule has 0 N–H and O–H groups in total. The Hall–Kier alpha value is -0.960. The van der Waals surface area contributed by atoms with Crippen molar-refractivity contribution in [3.63, 3.8) is 0 Å². The molecule has 0 aliphatic heterocycles. The van der Waals surface area contributed by atoms with Crippen LogP contribution in [0.5, 0.6) is 0 Å². The smallest absolute Gasteiger partial charge is 0.136 e. The van der Waals surface area contributed by atoms with Gasteiger partial charge in [-0.1, -0.05) is 58.0 Å². The molecular formula is C17H8Cl5N. The molecule has 0 atom stereocenters. The number of halogens is 5. The van der Waals surface area contributed by atoms with Crippen molar-refractivity contribution < 1.29 is 0 Å². The summed E-state index contributed by atoms with van der Waals surface area (Å²) in [5.74, 6) is 0. The van der Waals surface area contributed by atoms with Gasteiger partial charge in [0.05, 0.1) is 0 Å². The van der Waals surface area contributed by atoms with Gasteiger partial charge in [-0.2, -0.15) is 0 Å². The van der Waals surface area contributed by atoms with E-state index in [4.69, 9.17) is 58.0 Å². The first-order valence-electron chi connectivity index (χ1n) is 6.51. The first-order valence-corrected chi connectivity index (χ1v) is 8.40. The minimum Gasteiger partial charge on any atom is -0.243 e. The Morgan fingerprint density at radius 1 is 0.522 bits per heavy atom. The molecule has 1 aromatic heterocycles. The Morgan fingerprint density at radius 3 is 1.52 bits per heavy atom. The van der Waals surface area contributed by atoms with Gasteiger partial charge in [-0.25, -0.2) is 4.98 Å². The van der Waals surface area contributed by atoms with Crippen LogP contribution >= 0.6 is 58.0 Å². The summed E-state index contributed by atoms with van der Waals surface area (Å²) < 4.78 is 0. The van der Waals surface area contributed by atoms with E-state index in [0.717, 1.165) is 22.3 Å². The van der Waals surface area contributed by atoms with Gasteiger partial charge in [-0.05, 0) is 53.6 Å². The van der Waals surface area contributed by atoms with Gasteiger partial charge in [0.2, 0.25) is 0 Å². The van der Waals surface area contributed by atoms with E-state index >= 15 is 0 Å². The maximum absolute atomic E-state index is 6.24. The van der Waals surface area contributed by atoms with Crippen LogP contribution in [0.2, 0.25) is 25.2 Å². The Balaban J connectivity index is 2.16. The highest BCUT2D eigenvalue weighted by atomic mass is 35.5. The Kier molecular flexibility index (Phi) is 5.05. The summed E-state index contributed by atoms with van der Waals surface area (Å²) in [6.45, 7) is 0. The van der Waals surface area contributed by atoms with Crippen molar-refractivity contribution in [2.45, 2.75) is 0 Å². The Labute approximate surface area is 158 Å². The van der Waals surface area contributed by atoms with Crippen molar-refractivity contribution in [3.8, 4) is 22.3 Å². The molecule has 3 aromatic rings. The first-order chi connectivity index (χ1) is 10.9. The molecule has 0 aliphatic rings. The summed E-state index contributed by atoms with van der Waals surface area (Å²) in [4.78, 5) is 4.24. The van der Waals surface area contributed by atoms with Crippen LogP contribution in [0.25, 0.3) is 22.3 Å². The summed E-state index contributed by atoms with van der Waals surface area (Å²) >= 11 is 30.5. The lowest BCUT2D eigenvalue weighted by molar-refractivity contribution is 1.33. The summed E-state index contributed by atoms with van der Waals surface area (Å²) in [6, 6.07) is 12.4. The Morgan fingerprint density at radius 2 is 1.00 bits per heavy atom. The largest absolute Gasteiger partial charge is 0.243 e. The van der Waals surface area contributed by atoms with Crippen LogP contribution in [-0.4, -0.2) is 4.98 Å². The van der Waals surface area contributed by atoms with Crippen molar-refractivity contribution in [1.29, 1.82) is 0 Å². The molecule has 116 valence electrons. The highest BCUT2D eigenvalue weighted by Gasteiger charge is 2.10. The molecule has 0 amide bonds. The number of hydrogen-bond donors (Lipinski definition) is 0. The molecule has 0 spiro atoms. The zero-order valence-corrected chi connectivity index (χ0v) is 15.2. The van der Waals surface area contributed by atoms with Gasteiger partial charge in [-0.3, -0.25) is 0 Å². The molecule has 1 nitrogen and oxygen atoms in total. The van der Waals surface area contributed by atoms with Crippen LogP contribution in [-0.2, 0) is 0 Å². The zero-order chi connectivity index (χ0) is 16.6. The molecule has 23 heavy (non-hydrogen) atoms. The minimum absolute atomic E-state index is 0.361. The van der Waals surface area contributed by atoms with Crippen molar-refractivity contribution in [2.24, 2.45) is 0 Å². The normalized spacial score (nSPS) is 10.8. The second-order valence-electron chi connectivity index (χ2n) is 4.88. The highest BCUT2D eigenvalue weighted by molar-refractivity contribution is 6.36. The molecule has 0 bridgehead atoms. The number of aromatic nitrogens is 1. The van der Waals surface area contributed by atoms with E-state index in [-0.39, 0.29) is 0 Å². The minimum atomic E-state index is 0.361. The zero-order valence-electron chi connectivity index (χ0n) is 11.5.